The number of rotatable bonds is 6. The molecule has 1 amide bonds. The van der Waals surface area contributed by atoms with E-state index in [1.807, 2.05) is 12.1 Å². The van der Waals surface area contributed by atoms with Crippen LogP contribution in [0.3, 0.4) is 0 Å². The Labute approximate surface area is 169 Å². The molecule has 1 saturated carbocycles. The van der Waals surface area contributed by atoms with Crippen LogP contribution in [0.15, 0.2) is 29.4 Å². The zero-order valence-corrected chi connectivity index (χ0v) is 17.1. The number of ether oxygens (including phenoxy) is 1. The van der Waals surface area contributed by atoms with Crippen LogP contribution in [0.5, 0.6) is 0 Å². The Hall–Kier alpha value is -2.06. The van der Waals surface area contributed by atoms with Crippen molar-refractivity contribution >= 4 is 23.6 Å². The first-order valence-corrected chi connectivity index (χ1v) is 11.0. The summed E-state index contributed by atoms with van der Waals surface area (Å²) in [6.45, 7) is 5.03. The van der Waals surface area contributed by atoms with Crippen molar-refractivity contribution in [3.8, 4) is 5.69 Å². The standard InChI is InChI=1S/C20H27N5O2S/c1-15-6-2-5-9-17(15)25-19(24-10-12-27-13-11-24)22-23-20(25)28-14-18(26)21-16-7-3-4-8-16/h2,5-6,9,16H,3-4,7-8,10-14H2,1H3,(H,21,26). The fraction of sp³-hybridized carbons (Fsp3) is 0.550. The Balaban J connectivity index is 1.55. The third kappa shape index (κ3) is 4.33. The maximum Gasteiger partial charge on any atom is 0.232 e. The average Bonchev–Trinajstić information content (AvgIpc) is 3.37. The van der Waals surface area contributed by atoms with Gasteiger partial charge >= 0.3 is 0 Å². The molecule has 2 heterocycles. The van der Waals surface area contributed by atoms with Gasteiger partial charge in [0.15, 0.2) is 5.16 Å². The van der Waals surface area contributed by atoms with Crippen molar-refractivity contribution < 1.29 is 9.53 Å². The third-order valence-corrected chi connectivity index (χ3v) is 6.25. The molecule has 0 unspecified atom stereocenters. The zero-order chi connectivity index (χ0) is 19.3. The van der Waals surface area contributed by atoms with Gasteiger partial charge in [-0.15, -0.1) is 10.2 Å². The van der Waals surface area contributed by atoms with E-state index in [4.69, 9.17) is 4.74 Å². The number of aryl methyl sites for hydroxylation is 1. The lowest BCUT2D eigenvalue weighted by atomic mass is 10.2. The molecule has 0 atom stereocenters. The molecule has 2 aliphatic rings. The molecule has 2 aromatic rings. The molecule has 150 valence electrons. The van der Waals surface area contributed by atoms with Gasteiger partial charge in [-0.2, -0.15) is 0 Å². The summed E-state index contributed by atoms with van der Waals surface area (Å²) in [5, 5.41) is 12.8. The second kappa shape index (κ2) is 8.96. The molecular formula is C20H27N5O2S. The molecule has 4 rings (SSSR count). The molecule has 2 fully saturated rings. The van der Waals surface area contributed by atoms with E-state index in [9.17, 15) is 4.79 Å². The smallest absolute Gasteiger partial charge is 0.232 e. The Morgan fingerprint density at radius 1 is 1.21 bits per heavy atom. The van der Waals surface area contributed by atoms with Gasteiger partial charge in [-0.25, -0.2) is 0 Å². The predicted octanol–water partition coefficient (Wildman–Crippen LogP) is 2.56. The number of hydrogen-bond acceptors (Lipinski definition) is 6. The highest BCUT2D eigenvalue weighted by Gasteiger charge is 2.23. The summed E-state index contributed by atoms with van der Waals surface area (Å²) in [6.07, 6.45) is 4.61. The Kier molecular flexibility index (Phi) is 6.17. The second-order valence-corrected chi connectivity index (χ2v) is 8.28. The summed E-state index contributed by atoms with van der Waals surface area (Å²) in [4.78, 5) is 14.6. The van der Waals surface area contributed by atoms with Crippen LogP contribution in [-0.4, -0.2) is 58.8 Å². The van der Waals surface area contributed by atoms with Crippen LogP contribution in [0.1, 0.15) is 31.2 Å². The number of hydrogen-bond donors (Lipinski definition) is 1. The van der Waals surface area contributed by atoms with Crippen LogP contribution in [-0.2, 0) is 9.53 Å². The summed E-state index contributed by atoms with van der Waals surface area (Å²) >= 11 is 1.45. The number of amides is 1. The lowest BCUT2D eigenvalue weighted by Gasteiger charge is -2.28. The predicted molar refractivity (Wildman–Crippen MR) is 110 cm³/mol. The number of aromatic nitrogens is 3. The van der Waals surface area contributed by atoms with Gasteiger partial charge in [0.05, 0.1) is 24.7 Å². The van der Waals surface area contributed by atoms with Gasteiger partial charge in [0.2, 0.25) is 11.9 Å². The molecule has 7 nitrogen and oxygen atoms in total. The fourth-order valence-electron chi connectivity index (χ4n) is 3.82. The number of carbonyl (C=O) groups is 1. The van der Waals surface area contributed by atoms with Crippen molar-refractivity contribution in [3.05, 3.63) is 29.8 Å². The summed E-state index contributed by atoms with van der Waals surface area (Å²) in [7, 11) is 0. The van der Waals surface area contributed by atoms with Crippen molar-refractivity contribution in [1.82, 2.24) is 20.1 Å². The number of nitrogens with zero attached hydrogens (tertiary/aromatic N) is 4. The lowest BCUT2D eigenvalue weighted by molar-refractivity contribution is -0.119. The Bertz CT molecular complexity index is 813. The number of para-hydroxylation sites is 1. The van der Waals surface area contributed by atoms with E-state index in [1.165, 1.54) is 24.6 Å². The van der Waals surface area contributed by atoms with E-state index in [2.05, 4.69) is 44.0 Å². The maximum absolute atomic E-state index is 12.4. The topological polar surface area (TPSA) is 72.3 Å². The number of anilines is 1. The van der Waals surface area contributed by atoms with E-state index in [0.29, 0.717) is 25.0 Å². The number of thioether (sulfide) groups is 1. The summed E-state index contributed by atoms with van der Waals surface area (Å²) < 4.78 is 7.56. The molecule has 1 saturated heterocycles. The van der Waals surface area contributed by atoms with Gasteiger partial charge in [0.1, 0.15) is 0 Å². The van der Waals surface area contributed by atoms with Gasteiger partial charge in [-0.3, -0.25) is 9.36 Å². The molecule has 0 bridgehead atoms. The first-order valence-electron chi connectivity index (χ1n) is 9.98. The summed E-state index contributed by atoms with van der Waals surface area (Å²) in [5.41, 5.74) is 2.20. The van der Waals surface area contributed by atoms with Crippen LogP contribution < -0.4 is 10.2 Å². The molecule has 1 N–H and O–H groups in total. The van der Waals surface area contributed by atoms with Gasteiger partial charge in [-0.05, 0) is 31.4 Å². The highest BCUT2D eigenvalue weighted by molar-refractivity contribution is 7.99. The minimum Gasteiger partial charge on any atom is -0.378 e. The van der Waals surface area contributed by atoms with Crippen LogP contribution in [0.25, 0.3) is 5.69 Å². The van der Waals surface area contributed by atoms with Gasteiger partial charge in [0.25, 0.3) is 0 Å². The highest BCUT2D eigenvalue weighted by Crippen LogP contribution is 2.29. The maximum atomic E-state index is 12.4. The minimum atomic E-state index is 0.0733. The normalized spacial score (nSPS) is 17.8. The second-order valence-electron chi connectivity index (χ2n) is 7.34. The first-order chi connectivity index (χ1) is 13.7. The highest BCUT2D eigenvalue weighted by atomic mass is 32.2. The zero-order valence-electron chi connectivity index (χ0n) is 16.3. The fourth-order valence-corrected chi connectivity index (χ4v) is 4.57. The number of nitrogens with one attached hydrogen (secondary N) is 1. The van der Waals surface area contributed by atoms with Crippen molar-refractivity contribution in [3.63, 3.8) is 0 Å². The molecule has 1 aliphatic heterocycles. The van der Waals surface area contributed by atoms with Crippen LogP contribution >= 0.6 is 11.8 Å². The first kappa shape index (κ1) is 19.3. The largest absolute Gasteiger partial charge is 0.378 e. The molecule has 1 aromatic carbocycles. The van der Waals surface area contributed by atoms with Crippen molar-refractivity contribution in [2.24, 2.45) is 0 Å². The van der Waals surface area contributed by atoms with Crippen LogP contribution in [0, 0.1) is 6.92 Å². The molecule has 28 heavy (non-hydrogen) atoms. The molecule has 1 aliphatic carbocycles. The Morgan fingerprint density at radius 2 is 1.96 bits per heavy atom. The van der Waals surface area contributed by atoms with Gasteiger partial charge in [0, 0.05) is 19.1 Å². The van der Waals surface area contributed by atoms with Crippen molar-refractivity contribution in [2.45, 2.75) is 43.8 Å². The van der Waals surface area contributed by atoms with Crippen molar-refractivity contribution in [1.29, 1.82) is 0 Å². The van der Waals surface area contributed by atoms with Crippen LogP contribution in [0.4, 0.5) is 5.95 Å². The number of benzene rings is 1. The molecule has 0 radical (unpaired) electrons. The average molecular weight is 402 g/mol. The molecule has 8 heteroatoms. The molecular weight excluding hydrogens is 374 g/mol. The number of carbonyl (C=O) groups excluding carboxylic acids is 1. The summed E-state index contributed by atoms with van der Waals surface area (Å²) in [5.74, 6) is 1.24. The lowest BCUT2D eigenvalue weighted by Crippen LogP contribution is -2.38. The minimum absolute atomic E-state index is 0.0733. The molecule has 1 aromatic heterocycles. The SMILES string of the molecule is Cc1ccccc1-n1c(SCC(=O)NC2CCCC2)nnc1N1CCOCC1. The molecule has 0 spiro atoms. The monoisotopic (exact) mass is 401 g/mol. The summed E-state index contributed by atoms with van der Waals surface area (Å²) in [6, 6.07) is 8.54. The van der Waals surface area contributed by atoms with Crippen LogP contribution in [0.2, 0.25) is 0 Å². The van der Waals surface area contributed by atoms with Crippen molar-refractivity contribution in [2.75, 3.05) is 37.0 Å². The van der Waals surface area contributed by atoms with E-state index >= 15 is 0 Å². The van der Waals surface area contributed by atoms with E-state index in [-0.39, 0.29) is 5.91 Å². The van der Waals surface area contributed by atoms with Gasteiger partial charge in [-0.1, -0.05) is 42.8 Å². The van der Waals surface area contributed by atoms with E-state index in [0.717, 1.165) is 48.3 Å². The Morgan fingerprint density at radius 3 is 2.71 bits per heavy atom. The van der Waals surface area contributed by atoms with E-state index in [1.54, 1.807) is 0 Å². The third-order valence-electron chi connectivity index (χ3n) is 5.32. The number of morpholine rings is 1. The van der Waals surface area contributed by atoms with E-state index < -0.39 is 0 Å². The van der Waals surface area contributed by atoms with Gasteiger partial charge < -0.3 is 15.0 Å². The quantitative estimate of drug-likeness (QED) is 0.750.